The number of likely N-dealkylation sites (N-methyl/N-ethyl adjacent to an activating group) is 1. The largest absolute Gasteiger partial charge is 0.339 e. The highest BCUT2D eigenvalue weighted by atomic mass is 79.9. The third kappa shape index (κ3) is 3.67. The van der Waals surface area contributed by atoms with Crippen LogP contribution in [0.3, 0.4) is 0 Å². The van der Waals surface area contributed by atoms with E-state index in [1.165, 1.54) is 0 Å². The Kier molecular flexibility index (Phi) is 4.60. The van der Waals surface area contributed by atoms with Crippen LogP contribution in [0.25, 0.3) is 11.4 Å². The summed E-state index contributed by atoms with van der Waals surface area (Å²) in [6.07, 6.45) is 0.726. The average molecular weight is 338 g/mol. The van der Waals surface area contributed by atoms with Crippen LogP contribution in [0.2, 0.25) is 0 Å². The monoisotopic (exact) mass is 337 g/mol. The molecular weight excluding hydrogens is 318 g/mol. The number of halogens is 1. The number of benzene rings is 1. The molecule has 0 aliphatic heterocycles. The molecule has 108 valence electrons. The van der Waals surface area contributed by atoms with Crippen LogP contribution in [0.5, 0.6) is 0 Å². The molecule has 0 amide bonds. The fourth-order valence-electron chi connectivity index (χ4n) is 2.07. The first kappa shape index (κ1) is 15.2. The lowest BCUT2D eigenvalue weighted by molar-refractivity contribution is 0.255. The van der Waals surface area contributed by atoms with Crippen LogP contribution < -0.4 is 5.32 Å². The molecular formula is C15H20BrN3O. The second-order valence-electron chi connectivity index (χ2n) is 5.93. The van der Waals surface area contributed by atoms with E-state index < -0.39 is 0 Å². The van der Waals surface area contributed by atoms with Crippen LogP contribution in [0.15, 0.2) is 33.3 Å². The first-order valence-electron chi connectivity index (χ1n) is 6.66. The summed E-state index contributed by atoms with van der Waals surface area (Å²) in [5.74, 6) is 1.30. The van der Waals surface area contributed by atoms with Crippen LogP contribution in [0, 0.1) is 5.41 Å². The Morgan fingerprint density at radius 3 is 2.45 bits per heavy atom. The first-order chi connectivity index (χ1) is 9.40. The van der Waals surface area contributed by atoms with Crippen molar-refractivity contribution >= 4 is 15.9 Å². The van der Waals surface area contributed by atoms with E-state index in [2.05, 4.69) is 52.2 Å². The summed E-state index contributed by atoms with van der Waals surface area (Å²) in [5, 5.41) is 7.37. The number of aromatic nitrogens is 2. The normalized spacial score (nSPS) is 13.4. The molecule has 2 aromatic rings. The van der Waals surface area contributed by atoms with E-state index in [4.69, 9.17) is 4.52 Å². The molecule has 20 heavy (non-hydrogen) atoms. The van der Waals surface area contributed by atoms with E-state index in [1.807, 2.05) is 31.3 Å². The smallest absolute Gasteiger partial charge is 0.228 e. The van der Waals surface area contributed by atoms with Gasteiger partial charge >= 0.3 is 0 Å². The molecule has 1 heterocycles. The fraction of sp³-hybridized carbons (Fsp3) is 0.467. The number of nitrogens with one attached hydrogen (secondary N) is 1. The minimum atomic E-state index is 0.140. The quantitative estimate of drug-likeness (QED) is 0.924. The molecule has 0 bridgehead atoms. The molecule has 2 rings (SSSR count). The van der Waals surface area contributed by atoms with Crippen LogP contribution in [0.4, 0.5) is 0 Å². The minimum Gasteiger partial charge on any atom is -0.339 e. The summed E-state index contributed by atoms with van der Waals surface area (Å²) in [7, 11) is 1.96. The Morgan fingerprint density at radius 2 is 1.90 bits per heavy atom. The summed E-state index contributed by atoms with van der Waals surface area (Å²) in [6.45, 7) is 6.58. The van der Waals surface area contributed by atoms with E-state index in [0.717, 1.165) is 16.5 Å². The minimum absolute atomic E-state index is 0.140. The van der Waals surface area contributed by atoms with Crippen LogP contribution in [-0.4, -0.2) is 23.2 Å². The molecule has 0 aliphatic carbocycles. The zero-order valence-electron chi connectivity index (χ0n) is 12.3. The van der Waals surface area contributed by atoms with Gasteiger partial charge in [0.25, 0.3) is 0 Å². The highest BCUT2D eigenvalue weighted by Crippen LogP contribution is 2.23. The maximum Gasteiger partial charge on any atom is 0.228 e. The molecule has 4 nitrogen and oxygen atoms in total. The standard InChI is InChI=1S/C15H20BrN3O/c1-15(2,3)12(17-4)9-13-18-14(19-20-13)10-5-7-11(16)8-6-10/h5-8,12,17H,9H2,1-4H3. The van der Waals surface area contributed by atoms with Gasteiger partial charge in [-0.1, -0.05) is 41.9 Å². The Bertz CT molecular complexity index is 557. The Balaban J connectivity index is 2.15. The summed E-state index contributed by atoms with van der Waals surface area (Å²) in [4.78, 5) is 4.48. The van der Waals surface area contributed by atoms with E-state index in [0.29, 0.717) is 17.8 Å². The topological polar surface area (TPSA) is 51.0 Å². The van der Waals surface area contributed by atoms with Crippen molar-refractivity contribution < 1.29 is 4.52 Å². The zero-order chi connectivity index (χ0) is 14.8. The van der Waals surface area contributed by atoms with E-state index in [-0.39, 0.29) is 5.41 Å². The summed E-state index contributed by atoms with van der Waals surface area (Å²) >= 11 is 3.41. The second kappa shape index (κ2) is 6.06. The van der Waals surface area contributed by atoms with Crippen molar-refractivity contribution in [3.05, 3.63) is 34.6 Å². The third-order valence-electron chi connectivity index (χ3n) is 3.34. The maximum absolute atomic E-state index is 5.36. The molecule has 1 unspecified atom stereocenters. The van der Waals surface area contributed by atoms with Crippen molar-refractivity contribution in [3.63, 3.8) is 0 Å². The lowest BCUT2D eigenvalue weighted by atomic mass is 9.85. The van der Waals surface area contributed by atoms with Gasteiger partial charge in [0, 0.05) is 22.5 Å². The van der Waals surface area contributed by atoms with Gasteiger partial charge in [-0.25, -0.2) is 0 Å². The second-order valence-corrected chi connectivity index (χ2v) is 6.85. The van der Waals surface area contributed by atoms with Gasteiger partial charge in [0.2, 0.25) is 11.7 Å². The third-order valence-corrected chi connectivity index (χ3v) is 3.87. The molecule has 0 saturated heterocycles. The van der Waals surface area contributed by atoms with Crippen molar-refractivity contribution in [3.8, 4) is 11.4 Å². The van der Waals surface area contributed by atoms with Gasteiger partial charge in [-0.05, 0) is 36.7 Å². The molecule has 0 radical (unpaired) electrons. The summed E-state index contributed by atoms with van der Waals surface area (Å²) < 4.78 is 6.40. The van der Waals surface area contributed by atoms with Gasteiger partial charge < -0.3 is 9.84 Å². The van der Waals surface area contributed by atoms with E-state index >= 15 is 0 Å². The highest BCUT2D eigenvalue weighted by molar-refractivity contribution is 9.10. The SMILES string of the molecule is CNC(Cc1nc(-c2ccc(Br)cc2)no1)C(C)(C)C. The maximum atomic E-state index is 5.36. The van der Waals surface area contributed by atoms with E-state index in [1.54, 1.807) is 0 Å². The molecule has 1 atom stereocenters. The first-order valence-corrected chi connectivity index (χ1v) is 7.45. The Morgan fingerprint density at radius 1 is 1.25 bits per heavy atom. The highest BCUT2D eigenvalue weighted by Gasteiger charge is 2.25. The van der Waals surface area contributed by atoms with Crippen molar-refractivity contribution in [2.24, 2.45) is 5.41 Å². The number of hydrogen-bond donors (Lipinski definition) is 1. The number of nitrogens with zero attached hydrogens (tertiary/aromatic N) is 2. The molecule has 1 aromatic heterocycles. The molecule has 0 aliphatic rings. The predicted octanol–water partition coefficient (Wildman–Crippen LogP) is 3.68. The van der Waals surface area contributed by atoms with Crippen molar-refractivity contribution in [1.82, 2.24) is 15.5 Å². The molecule has 0 saturated carbocycles. The molecule has 0 fully saturated rings. The summed E-state index contributed by atoms with van der Waals surface area (Å²) in [5.41, 5.74) is 1.10. The van der Waals surface area contributed by atoms with E-state index in [9.17, 15) is 0 Å². The van der Waals surface area contributed by atoms with Gasteiger partial charge in [-0.3, -0.25) is 0 Å². The lowest BCUT2D eigenvalue weighted by Crippen LogP contribution is -2.39. The molecule has 1 N–H and O–H groups in total. The average Bonchev–Trinajstić information content (AvgIpc) is 2.84. The lowest BCUT2D eigenvalue weighted by Gasteiger charge is -2.29. The molecule has 1 aromatic carbocycles. The number of rotatable bonds is 4. The number of hydrogen-bond acceptors (Lipinski definition) is 4. The van der Waals surface area contributed by atoms with Gasteiger partial charge in [-0.2, -0.15) is 4.98 Å². The van der Waals surface area contributed by atoms with Crippen molar-refractivity contribution in [1.29, 1.82) is 0 Å². The van der Waals surface area contributed by atoms with Gasteiger partial charge in [0.05, 0.1) is 0 Å². The van der Waals surface area contributed by atoms with Crippen molar-refractivity contribution in [2.75, 3.05) is 7.05 Å². The van der Waals surface area contributed by atoms with Crippen LogP contribution in [0.1, 0.15) is 26.7 Å². The Hall–Kier alpha value is -1.20. The van der Waals surface area contributed by atoms with Crippen LogP contribution in [-0.2, 0) is 6.42 Å². The summed E-state index contributed by atoms with van der Waals surface area (Å²) in [6, 6.07) is 8.17. The molecule has 0 spiro atoms. The van der Waals surface area contributed by atoms with Crippen LogP contribution >= 0.6 is 15.9 Å². The van der Waals surface area contributed by atoms with Crippen molar-refractivity contribution in [2.45, 2.75) is 33.2 Å². The molecule has 5 heteroatoms. The van der Waals surface area contributed by atoms with Gasteiger partial charge in [-0.15, -0.1) is 0 Å². The zero-order valence-corrected chi connectivity index (χ0v) is 13.9. The predicted molar refractivity (Wildman–Crippen MR) is 83.4 cm³/mol. The van der Waals surface area contributed by atoms with Gasteiger partial charge in [0.15, 0.2) is 0 Å². The fourth-order valence-corrected chi connectivity index (χ4v) is 2.33. The van der Waals surface area contributed by atoms with Gasteiger partial charge in [0.1, 0.15) is 0 Å². The Labute approximate surface area is 128 Å².